The second kappa shape index (κ2) is 6.16. The summed E-state index contributed by atoms with van der Waals surface area (Å²) in [6.45, 7) is 7.64. The second-order valence-corrected chi connectivity index (χ2v) is 5.03. The Kier molecular flexibility index (Phi) is 4.55. The van der Waals surface area contributed by atoms with Gasteiger partial charge in [-0.05, 0) is 19.8 Å². The van der Waals surface area contributed by atoms with Crippen LogP contribution in [0.5, 0.6) is 0 Å². The molecule has 0 unspecified atom stereocenters. The molecule has 0 aliphatic heterocycles. The van der Waals surface area contributed by atoms with E-state index in [1.54, 1.807) is 6.07 Å². The van der Waals surface area contributed by atoms with Crippen LogP contribution in [-0.4, -0.2) is 29.7 Å². The number of halogens is 1. The van der Waals surface area contributed by atoms with E-state index in [-0.39, 0.29) is 0 Å². The number of anilines is 1. The summed E-state index contributed by atoms with van der Waals surface area (Å²) in [6, 6.07) is 1.74. The number of hydrogen-bond acceptors (Lipinski definition) is 4. The highest BCUT2D eigenvalue weighted by molar-refractivity contribution is 6.29. The van der Waals surface area contributed by atoms with Crippen LogP contribution in [0.1, 0.15) is 31.5 Å². The monoisotopic (exact) mass is 267 g/mol. The van der Waals surface area contributed by atoms with Crippen LogP contribution < -0.4 is 5.32 Å². The average Bonchev–Trinajstić information content (AvgIpc) is 3.11. The smallest absolute Gasteiger partial charge is 0.135 e. The van der Waals surface area contributed by atoms with Crippen LogP contribution in [-0.2, 0) is 4.74 Å². The van der Waals surface area contributed by atoms with Crippen LogP contribution in [0.4, 0.5) is 5.82 Å². The summed E-state index contributed by atoms with van der Waals surface area (Å²) in [5, 5.41) is 3.69. The van der Waals surface area contributed by atoms with E-state index in [4.69, 9.17) is 16.3 Å². The van der Waals surface area contributed by atoms with E-state index < -0.39 is 0 Å². The molecule has 1 fully saturated rings. The lowest BCUT2D eigenvalue weighted by Crippen LogP contribution is -2.12. The van der Waals surface area contributed by atoms with Crippen molar-refractivity contribution >= 4 is 17.4 Å². The van der Waals surface area contributed by atoms with Gasteiger partial charge in [0.25, 0.3) is 0 Å². The predicted octanol–water partition coefficient (Wildman–Crippen LogP) is 3.01. The molecule has 0 amide bonds. The van der Waals surface area contributed by atoms with Crippen molar-refractivity contribution in [1.82, 2.24) is 9.97 Å². The van der Waals surface area contributed by atoms with E-state index >= 15 is 0 Å². The SMILES string of the molecule is C=C(C)COCCNc1cc(Cl)nc(C2CC2)n1. The fourth-order valence-electron chi connectivity index (χ4n) is 1.55. The molecule has 98 valence electrons. The minimum Gasteiger partial charge on any atom is -0.375 e. The molecule has 0 aromatic carbocycles. The molecule has 1 aromatic rings. The maximum atomic E-state index is 5.97. The molecule has 1 aliphatic rings. The summed E-state index contributed by atoms with van der Waals surface area (Å²) in [6.07, 6.45) is 2.34. The third-order valence-corrected chi connectivity index (χ3v) is 2.75. The van der Waals surface area contributed by atoms with Gasteiger partial charge in [0, 0.05) is 18.5 Å². The molecular formula is C13H18ClN3O. The van der Waals surface area contributed by atoms with Gasteiger partial charge < -0.3 is 10.1 Å². The normalized spacial score (nSPS) is 14.6. The van der Waals surface area contributed by atoms with Crippen LogP contribution in [0.15, 0.2) is 18.2 Å². The quantitative estimate of drug-likeness (QED) is 0.469. The van der Waals surface area contributed by atoms with Gasteiger partial charge in [-0.3, -0.25) is 0 Å². The summed E-state index contributed by atoms with van der Waals surface area (Å²) in [5.41, 5.74) is 1.02. The highest BCUT2D eigenvalue weighted by Crippen LogP contribution is 2.38. The first-order valence-electron chi connectivity index (χ1n) is 6.15. The molecule has 5 heteroatoms. The number of ether oxygens (including phenoxy) is 1. The molecular weight excluding hydrogens is 250 g/mol. The molecule has 4 nitrogen and oxygen atoms in total. The van der Waals surface area contributed by atoms with Crippen molar-refractivity contribution in [3.8, 4) is 0 Å². The van der Waals surface area contributed by atoms with Gasteiger partial charge >= 0.3 is 0 Å². The number of nitrogens with zero attached hydrogens (tertiary/aromatic N) is 2. The fourth-order valence-corrected chi connectivity index (χ4v) is 1.74. The lowest BCUT2D eigenvalue weighted by molar-refractivity contribution is 0.167. The van der Waals surface area contributed by atoms with Gasteiger partial charge in [-0.25, -0.2) is 9.97 Å². The van der Waals surface area contributed by atoms with Gasteiger partial charge in [-0.1, -0.05) is 23.8 Å². The summed E-state index contributed by atoms with van der Waals surface area (Å²) in [7, 11) is 0. The predicted molar refractivity (Wildman–Crippen MR) is 73.1 cm³/mol. The van der Waals surface area contributed by atoms with Gasteiger partial charge in [0.15, 0.2) is 0 Å². The number of aromatic nitrogens is 2. The van der Waals surface area contributed by atoms with E-state index in [0.717, 1.165) is 17.2 Å². The van der Waals surface area contributed by atoms with Crippen molar-refractivity contribution in [3.63, 3.8) is 0 Å². The van der Waals surface area contributed by atoms with E-state index in [2.05, 4.69) is 21.9 Å². The first-order valence-corrected chi connectivity index (χ1v) is 6.53. The molecule has 2 rings (SSSR count). The van der Waals surface area contributed by atoms with Crippen molar-refractivity contribution in [2.75, 3.05) is 25.1 Å². The zero-order valence-corrected chi connectivity index (χ0v) is 11.3. The zero-order chi connectivity index (χ0) is 13.0. The molecule has 0 bridgehead atoms. The summed E-state index contributed by atoms with van der Waals surface area (Å²) < 4.78 is 5.40. The minimum absolute atomic E-state index is 0.497. The standard InChI is InChI=1S/C13H18ClN3O/c1-9(2)8-18-6-5-15-12-7-11(14)16-13(17-12)10-3-4-10/h7,10H,1,3-6,8H2,2H3,(H,15,16,17). The van der Waals surface area contributed by atoms with E-state index in [1.807, 2.05) is 6.92 Å². The van der Waals surface area contributed by atoms with Gasteiger partial charge in [-0.2, -0.15) is 0 Å². The maximum Gasteiger partial charge on any atom is 0.135 e. The Labute approximate surface area is 112 Å². The Hall–Kier alpha value is -1.13. The van der Waals surface area contributed by atoms with Crippen LogP contribution >= 0.6 is 11.6 Å². The van der Waals surface area contributed by atoms with Gasteiger partial charge in [0.05, 0.1) is 13.2 Å². The molecule has 18 heavy (non-hydrogen) atoms. The van der Waals surface area contributed by atoms with Crippen molar-refractivity contribution in [2.45, 2.75) is 25.7 Å². The van der Waals surface area contributed by atoms with E-state index in [9.17, 15) is 0 Å². The van der Waals surface area contributed by atoms with E-state index in [0.29, 0.717) is 30.8 Å². The molecule has 1 heterocycles. The Balaban J connectivity index is 1.79. The molecule has 0 radical (unpaired) electrons. The zero-order valence-electron chi connectivity index (χ0n) is 10.6. The Morgan fingerprint density at radius 2 is 2.33 bits per heavy atom. The Bertz CT molecular complexity index is 432. The largest absolute Gasteiger partial charge is 0.375 e. The second-order valence-electron chi connectivity index (χ2n) is 4.64. The molecule has 1 N–H and O–H groups in total. The highest BCUT2D eigenvalue weighted by Gasteiger charge is 2.27. The fraction of sp³-hybridized carbons (Fsp3) is 0.538. The summed E-state index contributed by atoms with van der Waals surface area (Å²) >= 11 is 5.97. The van der Waals surface area contributed by atoms with Crippen molar-refractivity contribution in [3.05, 3.63) is 29.2 Å². The maximum absolute atomic E-state index is 5.97. The van der Waals surface area contributed by atoms with Crippen molar-refractivity contribution in [2.24, 2.45) is 0 Å². The summed E-state index contributed by atoms with van der Waals surface area (Å²) in [5.74, 6) is 2.13. The van der Waals surface area contributed by atoms with Gasteiger partial charge in [0.2, 0.25) is 0 Å². The van der Waals surface area contributed by atoms with Gasteiger partial charge in [0.1, 0.15) is 16.8 Å². The molecule has 0 spiro atoms. The van der Waals surface area contributed by atoms with Crippen LogP contribution in [0.2, 0.25) is 5.15 Å². The first kappa shape index (κ1) is 13.3. The van der Waals surface area contributed by atoms with Crippen molar-refractivity contribution in [1.29, 1.82) is 0 Å². The third kappa shape index (κ3) is 4.27. The average molecular weight is 268 g/mol. The van der Waals surface area contributed by atoms with Gasteiger partial charge in [-0.15, -0.1) is 0 Å². The van der Waals surface area contributed by atoms with E-state index in [1.165, 1.54) is 12.8 Å². The Morgan fingerprint density at radius 3 is 3.00 bits per heavy atom. The van der Waals surface area contributed by atoms with Crippen LogP contribution in [0.25, 0.3) is 0 Å². The lowest BCUT2D eigenvalue weighted by atomic mass is 10.4. The molecule has 0 saturated heterocycles. The Morgan fingerprint density at radius 1 is 1.56 bits per heavy atom. The highest BCUT2D eigenvalue weighted by atomic mass is 35.5. The third-order valence-electron chi connectivity index (χ3n) is 2.56. The number of rotatable bonds is 7. The minimum atomic E-state index is 0.497. The number of hydrogen-bond donors (Lipinski definition) is 1. The topological polar surface area (TPSA) is 47.0 Å². The summed E-state index contributed by atoms with van der Waals surface area (Å²) in [4.78, 5) is 8.68. The van der Waals surface area contributed by atoms with Crippen LogP contribution in [0, 0.1) is 0 Å². The molecule has 0 atom stereocenters. The molecule has 1 aromatic heterocycles. The molecule has 1 saturated carbocycles. The van der Waals surface area contributed by atoms with Crippen LogP contribution in [0.3, 0.4) is 0 Å². The first-order chi connectivity index (χ1) is 8.65. The lowest BCUT2D eigenvalue weighted by Gasteiger charge is -2.08. The molecule has 1 aliphatic carbocycles. The van der Waals surface area contributed by atoms with Crippen molar-refractivity contribution < 1.29 is 4.74 Å². The number of nitrogens with one attached hydrogen (secondary N) is 1.